The van der Waals surface area contributed by atoms with E-state index in [9.17, 15) is 15.2 Å². The first-order chi connectivity index (χ1) is 19.4. The molecule has 0 aliphatic carbocycles. The molecule has 2 aromatic carbocycles. The van der Waals surface area contributed by atoms with Crippen molar-refractivity contribution in [3.05, 3.63) is 89.4 Å². The van der Waals surface area contributed by atoms with Gasteiger partial charge in [-0.15, -0.1) is 0 Å². The minimum absolute atomic E-state index is 0.0851. The Morgan fingerprint density at radius 2 is 2.00 bits per heavy atom. The van der Waals surface area contributed by atoms with Crippen LogP contribution in [0.4, 0.5) is 10.2 Å². The molecule has 12 heteroatoms. The van der Waals surface area contributed by atoms with Gasteiger partial charge in [-0.1, -0.05) is 24.3 Å². The molecule has 6 rings (SSSR count). The molecule has 0 amide bonds. The van der Waals surface area contributed by atoms with Gasteiger partial charge in [-0.2, -0.15) is 10.4 Å². The Morgan fingerprint density at radius 3 is 2.75 bits per heavy atom. The molecule has 40 heavy (non-hydrogen) atoms. The third-order valence-electron chi connectivity index (χ3n) is 6.89. The summed E-state index contributed by atoms with van der Waals surface area (Å²) in [6.45, 7) is 1.25. The van der Waals surface area contributed by atoms with E-state index in [0.717, 1.165) is 5.56 Å². The Bertz CT molecular complexity index is 1790. The number of rotatable bonds is 7. The average molecular weight is 536 g/mol. The maximum Gasteiger partial charge on any atom is 0.309 e. The lowest BCUT2D eigenvalue weighted by atomic mass is 9.97. The fourth-order valence-corrected chi connectivity index (χ4v) is 4.88. The molecule has 4 heterocycles. The average Bonchev–Trinajstić information content (AvgIpc) is 3.36. The van der Waals surface area contributed by atoms with Crippen LogP contribution in [0, 0.1) is 23.1 Å². The molecule has 11 nitrogen and oxygen atoms in total. The van der Waals surface area contributed by atoms with Crippen molar-refractivity contribution in [3.63, 3.8) is 0 Å². The number of hydrogen-bond acceptors (Lipinski definition) is 9. The van der Waals surface area contributed by atoms with E-state index in [2.05, 4.69) is 26.0 Å². The highest BCUT2D eigenvalue weighted by atomic mass is 19.1. The normalized spacial score (nSPS) is 13.7. The van der Waals surface area contributed by atoms with E-state index in [0.29, 0.717) is 59.2 Å². The number of benzene rings is 2. The van der Waals surface area contributed by atoms with E-state index < -0.39 is 17.7 Å². The van der Waals surface area contributed by atoms with Gasteiger partial charge in [0.1, 0.15) is 23.5 Å². The number of aromatic nitrogens is 6. The van der Waals surface area contributed by atoms with Crippen molar-refractivity contribution in [1.29, 1.82) is 5.26 Å². The van der Waals surface area contributed by atoms with Crippen molar-refractivity contribution in [1.82, 2.24) is 34.4 Å². The van der Waals surface area contributed by atoms with Crippen LogP contribution in [0.5, 0.6) is 0 Å². The molecule has 1 fully saturated rings. The first kappa shape index (κ1) is 25.0. The van der Waals surface area contributed by atoms with Crippen LogP contribution in [-0.2, 0) is 17.8 Å². The molecule has 1 aliphatic heterocycles. The molecule has 0 spiro atoms. The zero-order chi connectivity index (χ0) is 27.8. The third-order valence-corrected chi connectivity index (χ3v) is 6.89. The second-order valence-electron chi connectivity index (χ2n) is 9.53. The predicted octanol–water partition coefficient (Wildman–Crippen LogP) is 2.95. The van der Waals surface area contributed by atoms with E-state index in [1.807, 2.05) is 17.0 Å². The summed E-state index contributed by atoms with van der Waals surface area (Å²) in [6, 6.07) is 15.6. The van der Waals surface area contributed by atoms with Gasteiger partial charge < -0.3 is 10.8 Å². The standard InChI is InChI=1S/C28H22FN9O2/c29-21-6-2-5-18(12-37-13-19(14-37)28(39)40)20(21)10-23-34-27-26(31)35-24(17-4-1-3-16(9-17)11-30)25(38(27)36-23)22-7-8-32-15-33-22/h1-9,15,19H,10,12-14H2,(H2,31,35)(H,39,40). The molecule has 3 N–H and O–H groups in total. The molecule has 0 atom stereocenters. The molecule has 1 aliphatic rings. The van der Waals surface area contributed by atoms with Gasteiger partial charge in [0.25, 0.3) is 0 Å². The molecular formula is C28H22FN9O2. The summed E-state index contributed by atoms with van der Waals surface area (Å²) in [6.07, 6.45) is 3.08. The van der Waals surface area contributed by atoms with Crippen molar-refractivity contribution in [3.8, 4) is 28.7 Å². The van der Waals surface area contributed by atoms with Gasteiger partial charge in [-0.3, -0.25) is 9.69 Å². The van der Waals surface area contributed by atoms with E-state index in [4.69, 9.17) is 10.8 Å². The van der Waals surface area contributed by atoms with Gasteiger partial charge in [0, 0.05) is 37.8 Å². The molecule has 198 valence electrons. The van der Waals surface area contributed by atoms with Crippen LogP contribution in [0.1, 0.15) is 22.5 Å². The van der Waals surface area contributed by atoms with Gasteiger partial charge in [0.05, 0.1) is 23.2 Å². The predicted molar refractivity (Wildman–Crippen MR) is 142 cm³/mol. The number of carbonyl (C=O) groups is 1. The van der Waals surface area contributed by atoms with Crippen LogP contribution >= 0.6 is 0 Å². The first-order valence-corrected chi connectivity index (χ1v) is 12.4. The maximum absolute atomic E-state index is 15.1. The first-order valence-electron chi connectivity index (χ1n) is 12.4. The quantitative estimate of drug-likeness (QED) is 0.317. The number of carboxylic acids is 1. The summed E-state index contributed by atoms with van der Waals surface area (Å²) in [5.74, 6) is -1.19. The monoisotopic (exact) mass is 535 g/mol. The molecule has 1 saturated heterocycles. The Balaban J connectivity index is 1.43. The number of carboxylic acid groups (broad SMARTS) is 1. The van der Waals surface area contributed by atoms with Gasteiger partial charge in [0.2, 0.25) is 0 Å². The summed E-state index contributed by atoms with van der Waals surface area (Å²) in [5.41, 5.74) is 10.3. The zero-order valence-electron chi connectivity index (χ0n) is 21.1. The number of aliphatic carboxylic acids is 1. The highest BCUT2D eigenvalue weighted by Gasteiger charge is 2.33. The molecular weight excluding hydrogens is 513 g/mol. The summed E-state index contributed by atoms with van der Waals surface area (Å²) in [5, 5.41) is 23.3. The van der Waals surface area contributed by atoms with Crippen LogP contribution in [-0.4, -0.2) is 58.6 Å². The van der Waals surface area contributed by atoms with Crippen LogP contribution in [0.3, 0.4) is 0 Å². The topological polar surface area (TPSA) is 159 Å². The van der Waals surface area contributed by atoms with Gasteiger partial charge in [-0.25, -0.2) is 28.8 Å². The number of nitrogens with two attached hydrogens (primary N) is 1. The second-order valence-corrected chi connectivity index (χ2v) is 9.53. The number of halogens is 1. The number of likely N-dealkylation sites (tertiary alicyclic amines) is 1. The number of anilines is 1. The molecule has 0 unspecified atom stereocenters. The minimum Gasteiger partial charge on any atom is -0.481 e. The molecule has 0 saturated carbocycles. The maximum atomic E-state index is 15.1. The van der Waals surface area contributed by atoms with Crippen molar-refractivity contribution >= 4 is 17.4 Å². The largest absolute Gasteiger partial charge is 0.481 e. The fraction of sp³-hybridized carbons (Fsp3) is 0.179. The Morgan fingerprint density at radius 1 is 1.18 bits per heavy atom. The fourth-order valence-electron chi connectivity index (χ4n) is 4.88. The Hall–Kier alpha value is -5.28. The van der Waals surface area contributed by atoms with Crippen molar-refractivity contribution < 1.29 is 14.3 Å². The second kappa shape index (κ2) is 10.1. The smallest absolute Gasteiger partial charge is 0.309 e. The van der Waals surface area contributed by atoms with E-state index in [1.165, 1.54) is 12.4 Å². The van der Waals surface area contributed by atoms with E-state index in [-0.39, 0.29) is 17.9 Å². The molecule has 0 bridgehead atoms. The third kappa shape index (κ3) is 4.59. The van der Waals surface area contributed by atoms with Crippen molar-refractivity contribution in [2.75, 3.05) is 18.8 Å². The number of nitrogen functional groups attached to an aromatic ring is 1. The van der Waals surface area contributed by atoms with Crippen LogP contribution in [0.25, 0.3) is 28.3 Å². The summed E-state index contributed by atoms with van der Waals surface area (Å²) in [7, 11) is 0. The summed E-state index contributed by atoms with van der Waals surface area (Å²) < 4.78 is 16.6. The lowest BCUT2D eigenvalue weighted by molar-refractivity contribution is -0.147. The Labute approximate surface area is 227 Å². The summed E-state index contributed by atoms with van der Waals surface area (Å²) >= 11 is 0. The van der Waals surface area contributed by atoms with Gasteiger partial charge >= 0.3 is 5.97 Å². The Kier molecular flexibility index (Phi) is 6.33. The SMILES string of the molecule is N#Cc1cccc(-c2nc(N)c3nc(Cc4c(F)cccc4CN4CC(C(=O)O)C4)nn3c2-c2ccncn2)c1. The number of hydrogen-bond donors (Lipinski definition) is 2. The lowest BCUT2D eigenvalue weighted by Crippen LogP contribution is -2.49. The number of nitriles is 1. The zero-order valence-corrected chi connectivity index (χ0v) is 21.1. The van der Waals surface area contributed by atoms with Gasteiger partial charge in [0.15, 0.2) is 17.3 Å². The molecule has 3 aromatic heterocycles. The van der Waals surface area contributed by atoms with Crippen molar-refractivity contribution in [2.45, 2.75) is 13.0 Å². The van der Waals surface area contributed by atoms with E-state index >= 15 is 4.39 Å². The van der Waals surface area contributed by atoms with Crippen LogP contribution < -0.4 is 5.73 Å². The van der Waals surface area contributed by atoms with Gasteiger partial charge in [-0.05, 0) is 35.4 Å². The van der Waals surface area contributed by atoms with Crippen LogP contribution in [0.15, 0.2) is 61.1 Å². The number of fused-ring (bicyclic) bond motifs is 1. The van der Waals surface area contributed by atoms with Crippen LogP contribution in [0.2, 0.25) is 0 Å². The molecule has 5 aromatic rings. The van der Waals surface area contributed by atoms with E-state index in [1.54, 1.807) is 41.0 Å². The lowest BCUT2D eigenvalue weighted by Gasteiger charge is -2.37. The minimum atomic E-state index is -0.825. The summed E-state index contributed by atoms with van der Waals surface area (Å²) in [4.78, 5) is 30.8. The highest BCUT2D eigenvalue weighted by Crippen LogP contribution is 2.32. The number of nitrogens with zero attached hydrogens (tertiary/aromatic N) is 8. The van der Waals surface area contributed by atoms with Crippen molar-refractivity contribution in [2.24, 2.45) is 5.92 Å². The molecule has 0 radical (unpaired) electrons. The highest BCUT2D eigenvalue weighted by molar-refractivity contribution is 5.81.